The first-order valence-corrected chi connectivity index (χ1v) is 9.55. The van der Waals surface area contributed by atoms with Crippen molar-refractivity contribution in [1.82, 2.24) is 5.32 Å². The number of furan rings is 1. The Morgan fingerprint density at radius 1 is 1.07 bits per heavy atom. The van der Waals surface area contributed by atoms with Crippen LogP contribution >= 0.6 is 23.8 Å². The summed E-state index contributed by atoms with van der Waals surface area (Å²) in [6.45, 7) is 1.86. The molecule has 144 valence electrons. The molecule has 2 amide bonds. The summed E-state index contributed by atoms with van der Waals surface area (Å²) in [6, 6.07) is 18.2. The second kappa shape index (κ2) is 7.66. The predicted octanol–water partition coefficient (Wildman–Crippen LogP) is 4.74. The van der Waals surface area contributed by atoms with Crippen LogP contribution in [0.25, 0.3) is 17.4 Å². The molecule has 1 aliphatic heterocycles. The Labute approximate surface area is 177 Å². The zero-order valence-corrected chi connectivity index (χ0v) is 16.9. The van der Waals surface area contributed by atoms with Crippen molar-refractivity contribution < 1.29 is 14.0 Å². The van der Waals surface area contributed by atoms with E-state index in [0.717, 1.165) is 11.1 Å². The average Bonchev–Trinajstić information content (AvgIpc) is 3.17. The Bertz CT molecular complexity index is 1170. The third kappa shape index (κ3) is 3.72. The van der Waals surface area contributed by atoms with Crippen LogP contribution < -0.4 is 10.2 Å². The number of amides is 2. The van der Waals surface area contributed by atoms with E-state index in [1.54, 1.807) is 30.3 Å². The van der Waals surface area contributed by atoms with Gasteiger partial charge in [0, 0.05) is 10.6 Å². The zero-order valence-electron chi connectivity index (χ0n) is 15.3. The van der Waals surface area contributed by atoms with Crippen LogP contribution in [-0.4, -0.2) is 16.9 Å². The van der Waals surface area contributed by atoms with Gasteiger partial charge in [0.2, 0.25) is 0 Å². The quantitative estimate of drug-likeness (QED) is 0.376. The van der Waals surface area contributed by atoms with Crippen LogP contribution in [0.4, 0.5) is 5.69 Å². The first-order valence-electron chi connectivity index (χ1n) is 8.77. The standard InChI is InChI=1S/C22H15ClN2O3S/c1-13-7-8-15(11-18(13)23)25-21(27)17(20(26)24-22(25)29)12-16-9-10-19(28-16)14-5-3-2-4-6-14/h2-12H,1H3,(H,24,26,29). The second-order valence-corrected chi connectivity index (χ2v) is 7.25. The summed E-state index contributed by atoms with van der Waals surface area (Å²) in [4.78, 5) is 26.7. The summed E-state index contributed by atoms with van der Waals surface area (Å²) >= 11 is 11.4. The molecule has 1 aliphatic rings. The van der Waals surface area contributed by atoms with Crippen molar-refractivity contribution >= 4 is 52.5 Å². The summed E-state index contributed by atoms with van der Waals surface area (Å²) < 4.78 is 5.79. The molecular weight excluding hydrogens is 408 g/mol. The normalized spacial score (nSPS) is 15.7. The fourth-order valence-electron chi connectivity index (χ4n) is 2.94. The molecule has 0 spiro atoms. The fraction of sp³-hybridized carbons (Fsp3) is 0.0455. The average molecular weight is 423 g/mol. The van der Waals surface area contributed by atoms with Crippen molar-refractivity contribution in [2.24, 2.45) is 0 Å². The van der Waals surface area contributed by atoms with Crippen molar-refractivity contribution in [3.05, 3.63) is 82.6 Å². The molecule has 4 rings (SSSR count). The largest absolute Gasteiger partial charge is 0.457 e. The van der Waals surface area contributed by atoms with Gasteiger partial charge in [0.1, 0.15) is 17.1 Å². The first kappa shape index (κ1) is 19.1. The number of thiocarbonyl (C=S) groups is 1. The van der Waals surface area contributed by atoms with Gasteiger partial charge in [-0.15, -0.1) is 0 Å². The molecule has 2 heterocycles. The van der Waals surface area contributed by atoms with Crippen molar-refractivity contribution in [3.8, 4) is 11.3 Å². The molecule has 0 atom stereocenters. The van der Waals surface area contributed by atoms with Crippen LogP contribution in [0.2, 0.25) is 5.02 Å². The molecule has 29 heavy (non-hydrogen) atoms. The van der Waals surface area contributed by atoms with Gasteiger partial charge in [-0.2, -0.15) is 0 Å². The van der Waals surface area contributed by atoms with Crippen molar-refractivity contribution in [1.29, 1.82) is 0 Å². The van der Waals surface area contributed by atoms with Crippen LogP contribution in [0, 0.1) is 6.92 Å². The van der Waals surface area contributed by atoms with E-state index in [-0.39, 0.29) is 10.7 Å². The molecule has 0 saturated carbocycles. The summed E-state index contributed by atoms with van der Waals surface area (Å²) in [5.74, 6) is -0.0979. The number of hydrogen-bond acceptors (Lipinski definition) is 4. The fourth-order valence-corrected chi connectivity index (χ4v) is 3.40. The highest BCUT2D eigenvalue weighted by atomic mass is 35.5. The summed E-state index contributed by atoms with van der Waals surface area (Å²) in [5, 5.41) is 3.05. The van der Waals surface area contributed by atoms with Gasteiger partial charge < -0.3 is 4.42 Å². The van der Waals surface area contributed by atoms with Gasteiger partial charge in [0.05, 0.1) is 5.69 Å². The van der Waals surface area contributed by atoms with E-state index in [4.69, 9.17) is 28.2 Å². The molecule has 1 fully saturated rings. The van der Waals surface area contributed by atoms with E-state index in [1.807, 2.05) is 37.3 Å². The molecule has 5 nitrogen and oxygen atoms in total. The maximum atomic E-state index is 13.0. The topological polar surface area (TPSA) is 62.6 Å². The number of aryl methyl sites for hydroxylation is 1. The van der Waals surface area contributed by atoms with Gasteiger partial charge >= 0.3 is 0 Å². The SMILES string of the molecule is Cc1ccc(N2C(=O)C(=Cc3ccc(-c4ccccc4)o3)C(=O)NC2=S)cc1Cl. The van der Waals surface area contributed by atoms with E-state index in [1.165, 1.54) is 11.0 Å². The lowest BCUT2D eigenvalue weighted by atomic mass is 10.1. The van der Waals surface area contributed by atoms with E-state index in [2.05, 4.69) is 5.32 Å². The molecular formula is C22H15ClN2O3S. The van der Waals surface area contributed by atoms with Crippen molar-refractivity contribution in [3.63, 3.8) is 0 Å². The molecule has 7 heteroatoms. The van der Waals surface area contributed by atoms with Crippen LogP contribution in [0.15, 0.2) is 70.7 Å². The number of anilines is 1. The molecule has 0 unspecified atom stereocenters. The molecule has 2 aromatic carbocycles. The van der Waals surface area contributed by atoms with Gasteiger partial charge in [0.15, 0.2) is 5.11 Å². The smallest absolute Gasteiger partial charge is 0.270 e. The van der Waals surface area contributed by atoms with Crippen molar-refractivity contribution in [2.75, 3.05) is 4.90 Å². The summed E-state index contributed by atoms with van der Waals surface area (Å²) in [6.07, 6.45) is 1.41. The molecule has 0 bridgehead atoms. The lowest BCUT2D eigenvalue weighted by Gasteiger charge is -2.29. The predicted molar refractivity (Wildman–Crippen MR) is 117 cm³/mol. The summed E-state index contributed by atoms with van der Waals surface area (Å²) in [5.41, 5.74) is 2.17. The lowest BCUT2D eigenvalue weighted by Crippen LogP contribution is -2.54. The van der Waals surface area contributed by atoms with Crippen LogP contribution in [-0.2, 0) is 9.59 Å². The number of benzene rings is 2. The Morgan fingerprint density at radius 3 is 2.55 bits per heavy atom. The minimum absolute atomic E-state index is 0.00138. The minimum Gasteiger partial charge on any atom is -0.457 e. The molecule has 1 saturated heterocycles. The number of carbonyl (C=O) groups is 2. The third-order valence-electron chi connectivity index (χ3n) is 4.49. The van der Waals surface area contributed by atoms with Crippen LogP contribution in [0.3, 0.4) is 0 Å². The number of halogens is 1. The Hall–Kier alpha value is -3.22. The summed E-state index contributed by atoms with van der Waals surface area (Å²) in [7, 11) is 0. The maximum Gasteiger partial charge on any atom is 0.270 e. The second-order valence-electron chi connectivity index (χ2n) is 6.46. The number of rotatable bonds is 3. The van der Waals surface area contributed by atoms with E-state index in [9.17, 15) is 9.59 Å². The number of nitrogens with one attached hydrogen (secondary N) is 1. The zero-order chi connectivity index (χ0) is 20.5. The van der Waals surface area contributed by atoms with Gasteiger partial charge in [-0.05, 0) is 55.0 Å². The van der Waals surface area contributed by atoms with E-state index >= 15 is 0 Å². The monoisotopic (exact) mass is 422 g/mol. The molecule has 3 aromatic rings. The van der Waals surface area contributed by atoms with Gasteiger partial charge in [-0.25, -0.2) is 0 Å². The molecule has 0 radical (unpaired) electrons. The van der Waals surface area contributed by atoms with Crippen LogP contribution in [0.5, 0.6) is 0 Å². The lowest BCUT2D eigenvalue weighted by molar-refractivity contribution is -0.122. The Kier molecular flexibility index (Phi) is 5.05. The Morgan fingerprint density at radius 2 is 1.83 bits per heavy atom. The van der Waals surface area contributed by atoms with Gasteiger partial charge in [0.25, 0.3) is 11.8 Å². The highest BCUT2D eigenvalue weighted by molar-refractivity contribution is 7.80. The van der Waals surface area contributed by atoms with Gasteiger partial charge in [-0.1, -0.05) is 48.0 Å². The first-order chi connectivity index (χ1) is 13.9. The number of nitrogens with zero attached hydrogens (tertiary/aromatic N) is 1. The maximum absolute atomic E-state index is 13.0. The van der Waals surface area contributed by atoms with Crippen LogP contribution in [0.1, 0.15) is 11.3 Å². The molecule has 1 aromatic heterocycles. The highest BCUT2D eigenvalue weighted by Gasteiger charge is 2.35. The number of hydrogen-bond donors (Lipinski definition) is 1. The molecule has 1 N–H and O–H groups in total. The van der Waals surface area contributed by atoms with Gasteiger partial charge in [-0.3, -0.25) is 19.8 Å². The third-order valence-corrected chi connectivity index (χ3v) is 5.18. The number of carbonyl (C=O) groups excluding carboxylic acids is 2. The highest BCUT2D eigenvalue weighted by Crippen LogP contribution is 2.28. The van der Waals surface area contributed by atoms with E-state index in [0.29, 0.717) is 22.2 Å². The minimum atomic E-state index is -0.577. The Balaban J connectivity index is 1.69. The van der Waals surface area contributed by atoms with E-state index < -0.39 is 11.8 Å². The van der Waals surface area contributed by atoms with Crippen molar-refractivity contribution in [2.45, 2.75) is 6.92 Å². The molecule has 0 aliphatic carbocycles.